The van der Waals surface area contributed by atoms with Crippen molar-refractivity contribution in [2.24, 2.45) is 0 Å². The molecule has 1 aliphatic heterocycles. The quantitative estimate of drug-likeness (QED) is 0.909. The number of nitrogens with zero attached hydrogens (tertiary/aromatic N) is 2. The summed E-state index contributed by atoms with van der Waals surface area (Å²) in [6.45, 7) is 3.98. The third-order valence-electron chi connectivity index (χ3n) is 5.06. The first kappa shape index (κ1) is 15.4. The molecule has 1 aromatic carbocycles. The number of carbonyl (C=O) groups excluding carboxylic acids is 1. The summed E-state index contributed by atoms with van der Waals surface area (Å²) < 4.78 is 1.97. The molecule has 2 heterocycles. The van der Waals surface area contributed by atoms with E-state index in [0.717, 1.165) is 56.4 Å². The Morgan fingerprint density at radius 3 is 2.83 bits per heavy atom. The zero-order valence-corrected chi connectivity index (χ0v) is 14.1. The van der Waals surface area contributed by atoms with Crippen molar-refractivity contribution in [1.29, 1.82) is 0 Å². The molecule has 0 radical (unpaired) electrons. The summed E-state index contributed by atoms with van der Waals surface area (Å²) in [5, 5.41) is 11.2. The van der Waals surface area contributed by atoms with Crippen molar-refractivity contribution < 1.29 is 4.79 Å². The van der Waals surface area contributed by atoms with Crippen LogP contribution in [-0.2, 0) is 12.8 Å². The molecule has 1 aromatic heterocycles. The Balaban J connectivity index is 1.63. The molecule has 1 atom stereocenters. The number of benzene rings is 1. The van der Waals surface area contributed by atoms with E-state index in [1.807, 2.05) is 4.68 Å². The highest BCUT2D eigenvalue weighted by Crippen LogP contribution is 2.28. The van der Waals surface area contributed by atoms with E-state index in [9.17, 15) is 4.79 Å². The second-order valence-corrected chi connectivity index (χ2v) is 6.89. The fourth-order valence-corrected chi connectivity index (χ4v) is 3.75. The van der Waals surface area contributed by atoms with Gasteiger partial charge < -0.3 is 10.6 Å². The molecule has 1 saturated heterocycles. The van der Waals surface area contributed by atoms with Crippen LogP contribution in [-0.4, -0.2) is 34.8 Å². The van der Waals surface area contributed by atoms with Gasteiger partial charge in [0.05, 0.1) is 5.69 Å². The van der Waals surface area contributed by atoms with Gasteiger partial charge in [0.15, 0.2) is 5.69 Å². The van der Waals surface area contributed by atoms with Gasteiger partial charge in [-0.1, -0.05) is 17.7 Å². The number of piperidine rings is 1. The second kappa shape index (κ2) is 6.40. The molecule has 1 aliphatic carbocycles. The number of amides is 1. The van der Waals surface area contributed by atoms with Gasteiger partial charge >= 0.3 is 0 Å². The van der Waals surface area contributed by atoms with E-state index >= 15 is 0 Å². The number of carbonyl (C=O) groups is 1. The standard InChI is InChI=1S/C19H24N4O/c1-13-7-9-15(10-8-13)23-17-6-2-5-16(17)18(22-23)19(24)21-14-4-3-11-20-12-14/h7-10,14,20H,2-6,11-12H2,1H3,(H,21,24)/t14-/m0/s1. The van der Waals surface area contributed by atoms with Gasteiger partial charge in [-0.15, -0.1) is 0 Å². The van der Waals surface area contributed by atoms with Crippen molar-refractivity contribution >= 4 is 5.91 Å². The van der Waals surface area contributed by atoms with Gasteiger partial charge in [-0.2, -0.15) is 5.10 Å². The van der Waals surface area contributed by atoms with E-state index in [-0.39, 0.29) is 11.9 Å². The predicted octanol–water partition coefficient (Wildman–Crippen LogP) is 2.15. The number of nitrogens with one attached hydrogen (secondary N) is 2. The van der Waals surface area contributed by atoms with E-state index in [1.165, 1.54) is 11.3 Å². The minimum absolute atomic E-state index is 0.0206. The maximum absolute atomic E-state index is 12.8. The number of fused-ring (bicyclic) bond motifs is 1. The summed E-state index contributed by atoms with van der Waals surface area (Å²) in [6.07, 6.45) is 5.20. The Kier molecular flexibility index (Phi) is 4.10. The third-order valence-corrected chi connectivity index (χ3v) is 5.06. The molecule has 4 rings (SSSR count). The number of aromatic nitrogens is 2. The van der Waals surface area contributed by atoms with E-state index in [0.29, 0.717) is 5.69 Å². The summed E-state index contributed by atoms with van der Waals surface area (Å²) in [6, 6.07) is 8.55. The molecule has 5 nitrogen and oxygen atoms in total. The van der Waals surface area contributed by atoms with Gasteiger partial charge in [0.1, 0.15) is 0 Å². The van der Waals surface area contributed by atoms with Crippen LogP contribution in [0.1, 0.15) is 46.6 Å². The third kappa shape index (κ3) is 2.84. The van der Waals surface area contributed by atoms with Crippen LogP contribution in [0.4, 0.5) is 0 Å². The lowest BCUT2D eigenvalue weighted by Gasteiger charge is -2.23. The zero-order valence-electron chi connectivity index (χ0n) is 14.1. The van der Waals surface area contributed by atoms with Crippen LogP contribution >= 0.6 is 0 Å². The van der Waals surface area contributed by atoms with Gasteiger partial charge in [0.2, 0.25) is 0 Å². The van der Waals surface area contributed by atoms with Crippen molar-refractivity contribution in [3.05, 3.63) is 46.8 Å². The molecule has 0 saturated carbocycles. The highest BCUT2D eigenvalue weighted by molar-refractivity contribution is 5.94. The monoisotopic (exact) mass is 324 g/mol. The lowest BCUT2D eigenvalue weighted by molar-refractivity contribution is 0.0924. The lowest BCUT2D eigenvalue weighted by Crippen LogP contribution is -2.45. The molecule has 2 aliphatic rings. The Labute approximate surface area is 142 Å². The van der Waals surface area contributed by atoms with Crippen molar-refractivity contribution in [1.82, 2.24) is 20.4 Å². The number of hydrogen-bond donors (Lipinski definition) is 2. The Hall–Kier alpha value is -2.14. The van der Waals surface area contributed by atoms with Crippen LogP contribution in [0.3, 0.4) is 0 Å². The van der Waals surface area contributed by atoms with Gasteiger partial charge in [-0.3, -0.25) is 4.79 Å². The lowest BCUT2D eigenvalue weighted by atomic mass is 10.1. The van der Waals surface area contributed by atoms with Gasteiger partial charge in [0, 0.05) is 23.8 Å². The molecule has 0 unspecified atom stereocenters. The average molecular weight is 324 g/mol. The van der Waals surface area contributed by atoms with Crippen molar-refractivity contribution in [3.63, 3.8) is 0 Å². The maximum Gasteiger partial charge on any atom is 0.272 e. The SMILES string of the molecule is Cc1ccc(-n2nc(C(=O)N[C@H]3CCCNC3)c3c2CCC3)cc1. The normalized spacial score (nSPS) is 20.0. The van der Waals surface area contributed by atoms with Crippen LogP contribution in [0.2, 0.25) is 0 Å². The molecule has 126 valence electrons. The molecule has 1 fully saturated rings. The predicted molar refractivity (Wildman–Crippen MR) is 93.7 cm³/mol. The zero-order chi connectivity index (χ0) is 16.5. The fourth-order valence-electron chi connectivity index (χ4n) is 3.75. The highest BCUT2D eigenvalue weighted by atomic mass is 16.2. The maximum atomic E-state index is 12.8. The molecular weight excluding hydrogens is 300 g/mol. The molecular formula is C19H24N4O. The smallest absolute Gasteiger partial charge is 0.272 e. The summed E-state index contributed by atoms with van der Waals surface area (Å²) in [5.74, 6) is -0.0206. The van der Waals surface area contributed by atoms with E-state index in [4.69, 9.17) is 0 Å². The summed E-state index contributed by atoms with van der Waals surface area (Å²) >= 11 is 0. The minimum atomic E-state index is -0.0206. The van der Waals surface area contributed by atoms with Gasteiger partial charge in [-0.25, -0.2) is 4.68 Å². The van der Waals surface area contributed by atoms with Crippen molar-refractivity contribution in [2.45, 2.75) is 45.1 Å². The molecule has 1 amide bonds. The number of hydrogen-bond acceptors (Lipinski definition) is 3. The first-order valence-corrected chi connectivity index (χ1v) is 8.92. The molecule has 2 aromatic rings. The van der Waals surface area contributed by atoms with E-state index in [1.54, 1.807) is 0 Å². The Morgan fingerprint density at radius 1 is 1.25 bits per heavy atom. The van der Waals surface area contributed by atoms with Crippen LogP contribution in [0, 0.1) is 6.92 Å². The Morgan fingerprint density at radius 2 is 2.08 bits per heavy atom. The first-order valence-electron chi connectivity index (χ1n) is 8.92. The van der Waals surface area contributed by atoms with Gasteiger partial charge in [0.25, 0.3) is 5.91 Å². The van der Waals surface area contributed by atoms with Crippen LogP contribution in [0.15, 0.2) is 24.3 Å². The number of rotatable bonds is 3. The van der Waals surface area contributed by atoms with E-state index in [2.05, 4.69) is 46.9 Å². The van der Waals surface area contributed by atoms with Gasteiger partial charge in [-0.05, 0) is 57.7 Å². The largest absolute Gasteiger partial charge is 0.347 e. The van der Waals surface area contributed by atoms with Crippen LogP contribution < -0.4 is 10.6 Å². The molecule has 24 heavy (non-hydrogen) atoms. The van der Waals surface area contributed by atoms with Crippen LogP contribution in [0.5, 0.6) is 0 Å². The molecule has 0 spiro atoms. The van der Waals surface area contributed by atoms with E-state index < -0.39 is 0 Å². The van der Waals surface area contributed by atoms with Crippen molar-refractivity contribution in [3.8, 4) is 5.69 Å². The Bertz CT molecular complexity index is 741. The summed E-state index contributed by atoms with van der Waals surface area (Å²) in [7, 11) is 0. The first-order chi connectivity index (χ1) is 11.7. The number of aryl methyl sites for hydroxylation is 1. The molecule has 2 N–H and O–H groups in total. The average Bonchev–Trinajstić information content (AvgIpc) is 3.19. The topological polar surface area (TPSA) is 59.0 Å². The molecule has 0 bridgehead atoms. The van der Waals surface area contributed by atoms with Crippen LogP contribution in [0.25, 0.3) is 5.69 Å². The molecule has 5 heteroatoms. The fraction of sp³-hybridized carbons (Fsp3) is 0.474. The minimum Gasteiger partial charge on any atom is -0.347 e. The highest BCUT2D eigenvalue weighted by Gasteiger charge is 2.28. The second-order valence-electron chi connectivity index (χ2n) is 6.89. The summed E-state index contributed by atoms with van der Waals surface area (Å²) in [4.78, 5) is 12.8. The van der Waals surface area contributed by atoms with Crippen molar-refractivity contribution in [2.75, 3.05) is 13.1 Å². The summed E-state index contributed by atoms with van der Waals surface area (Å²) in [5.41, 5.74) is 5.22.